The Morgan fingerprint density at radius 2 is 2.00 bits per heavy atom. The standard InChI is InChI=1S/C16H23NO2/c1-10-7-14(18-3)16(19-4)12-6-5-11-8-17(2)9-13(11)15(10)12/h7,11,13H,5-6,8-9H2,1-4H3. The predicted octanol–water partition coefficient (Wildman–Crippen LogP) is 2.60. The van der Waals surface area contributed by atoms with Crippen molar-refractivity contribution in [3.05, 3.63) is 22.8 Å². The van der Waals surface area contributed by atoms with Crippen LogP contribution in [-0.2, 0) is 6.42 Å². The zero-order chi connectivity index (χ0) is 13.6. The van der Waals surface area contributed by atoms with Crippen LogP contribution in [0.4, 0.5) is 0 Å². The molecule has 1 fully saturated rings. The molecule has 0 aromatic heterocycles. The molecule has 0 N–H and O–H groups in total. The topological polar surface area (TPSA) is 21.7 Å². The Balaban J connectivity index is 2.13. The number of likely N-dealkylation sites (N-methyl/N-ethyl adjacent to an activating group) is 1. The summed E-state index contributed by atoms with van der Waals surface area (Å²) in [7, 11) is 5.70. The average Bonchev–Trinajstić information content (AvgIpc) is 2.78. The van der Waals surface area contributed by atoms with Crippen LogP contribution in [0, 0.1) is 12.8 Å². The highest BCUT2D eigenvalue weighted by Crippen LogP contribution is 2.48. The fourth-order valence-corrected chi connectivity index (χ4v) is 4.02. The highest BCUT2D eigenvalue weighted by molar-refractivity contribution is 5.57. The van der Waals surface area contributed by atoms with Crippen LogP contribution in [0.3, 0.4) is 0 Å². The summed E-state index contributed by atoms with van der Waals surface area (Å²) in [5, 5.41) is 0. The number of fused-ring (bicyclic) bond motifs is 3. The summed E-state index contributed by atoms with van der Waals surface area (Å²) < 4.78 is 11.1. The first-order valence-corrected chi connectivity index (χ1v) is 7.08. The second-order valence-corrected chi connectivity index (χ2v) is 5.95. The number of aryl methyl sites for hydroxylation is 1. The Bertz CT molecular complexity index is 498. The molecule has 1 aliphatic carbocycles. The predicted molar refractivity (Wildman–Crippen MR) is 76.3 cm³/mol. The molecule has 19 heavy (non-hydrogen) atoms. The fraction of sp³-hybridized carbons (Fsp3) is 0.625. The van der Waals surface area contributed by atoms with E-state index < -0.39 is 0 Å². The van der Waals surface area contributed by atoms with E-state index in [1.807, 2.05) is 0 Å². The molecule has 3 heteroatoms. The van der Waals surface area contributed by atoms with Gasteiger partial charge in [-0.05, 0) is 49.9 Å². The molecule has 0 saturated carbocycles. The second-order valence-electron chi connectivity index (χ2n) is 5.95. The molecule has 1 saturated heterocycles. The van der Waals surface area contributed by atoms with Gasteiger partial charge in [0.2, 0.25) is 0 Å². The molecule has 2 unspecified atom stereocenters. The first kappa shape index (κ1) is 12.8. The molecule has 1 aromatic rings. The molecule has 2 aliphatic rings. The maximum absolute atomic E-state index is 5.63. The molecule has 1 aliphatic heterocycles. The third-order valence-electron chi connectivity index (χ3n) is 4.78. The number of hydrogen-bond acceptors (Lipinski definition) is 3. The van der Waals surface area contributed by atoms with E-state index in [1.54, 1.807) is 14.2 Å². The zero-order valence-corrected chi connectivity index (χ0v) is 12.3. The van der Waals surface area contributed by atoms with Gasteiger partial charge >= 0.3 is 0 Å². The summed E-state index contributed by atoms with van der Waals surface area (Å²) in [6, 6.07) is 2.14. The third-order valence-corrected chi connectivity index (χ3v) is 4.78. The molecule has 0 spiro atoms. The molecule has 1 heterocycles. The Kier molecular flexibility index (Phi) is 3.17. The zero-order valence-electron chi connectivity index (χ0n) is 12.3. The van der Waals surface area contributed by atoms with Crippen molar-refractivity contribution in [3.63, 3.8) is 0 Å². The van der Waals surface area contributed by atoms with Crippen LogP contribution in [0.15, 0.2) is 6.07 Å². The molecule has 2 atom stereocenters. The van der Waals surface area contributed by atoms with Crippen molar-refractivity contribution in [3.8, 4) is 11.5 Å². The summed E-state index contributed by atoms with van der Waals surface area (Å²) in [4.78, 5) is 2.46. The van der Waals surface area contributed by atoms with Gasteiger partial charge in [-0.1, -0.05) is 0 Å². The van der Waals surface area contributed by atoms with E-state index in [0.29, 0.717) is 5.92 Å². The van der Waals surface area contributed by atoms with Crippen LogP contribution in [0.2, 0.25) is 0 Å². The van der Waals surface area contributed by atoms with Gasteiger partial charge in [0.05, 0.1) is 14.2 Å². The summed E-state index contributed by atoms with van der Waals surface area (Å²) >= 11 is 0. The van der Waals surface area contributed by atoms with E-state index in [2.05, 4.69) is 24.9 Å². The minimum Gasteiger partial charge on any atom is -0.493 e. The molecular weight excluding hydrogens is 238 g/mol. The molecule has 3 rings (SSSR count). The van der Waals surface area contributed by atoms with E-state index in [9.17, 15) is 0 Å². The van der Waals surface area contributed by atoms with Gasteiger partial charge in [0.25, 0.3) is 0 Å². The van der Waals surface area contributed by atoms with Gasteiger partial charge in [-0.25, -0.2) is 0 Å². The van der Waals surface area contributed by atoms with Crippen molar-refractivity contribution >= 4 is 0 Å². The Labute approximate surface area is 115 Å². The SMILES string of the molecule is COc1cc(C)c2c(c1OC)CCC1CN(C)CC21. The molecule has 1 aromatic carbocycles. The number of nitrogens with zero attached hydrogens (tertiary/aromatic N) is 1. The number of likely N-dealkylation sites (tertiary alicyclic amines) is 1. The Morgan fingerprint density at radius 3 is 2.68 bits per heavy atom. The first-order valence-electron chi connectivity index (χ1n) is 7.08. The van der Waals surface area contributed by atoms with E-state index >= 15 is 0 Å². The van der Waals surface area contributed by atoms with Gasteiger partial charge in [-0.2, -0.15) is 0 Å². The van der Waals surface area contributed by atoms with Crippen molar-refractivity contribution < 1.29 is 9.47 Å². The summed E-state index contributed by atoms with van der Waals surface area (Å²) in [5.74, 6) is 3.32. The van der Waals surface area contributed by atoms with Crippen LogP contribution in [0.1, 0.15) is 29.0 Å². The molecule has 0 bridgehead atoms. The van der Waals surface area contributed by atoms with Crippen LogP contribution < -0.4 is 9.47 Å². The van der Waals surface area contributed by atoms with Gasteiger partial charge in [0.1, 0.15) is 0 Å². The number of benzene rings is 1. The molecule has 0 amide bonds. The normalized spacial score (nSPS) is 25.9. The average molecular weight is 261 g/mol. The summed E-state index contributed by atoms with van der Waals surface area (Å²) in [6.45, 7) is 4.62. The van der Waals surface area contributed by atoms with Crippen molar-refractivity contribution in [2.75, 3.05) is 34.4 Å². The quantitative estimate of drug-likeness (QED) is 0.817. The minimum absolute atomic E-state index is 0.675. The lowest BCUT2D eigenvalue weighted by atomic mass is 9.75. The van der Waals surface area contributed by atoms with Gasteiger partial charge in [0, 0.05) is 24.6 Å². The van der Waals surface area contributed by atoms with Crippen molar-refractivity contribution in [2.45, 2.75) is 25.7 Å². The van der Waals surface area contributed by atoms with Crippen LogP contribution in [0.25, 0.3) is 0 Å². The Morgan fingerprint density at radius 1 is 1.21 bits per heavy atom. The van der Waals surface area contributed by atoms with Gasteiger partial charge in [-0.3, -0.25) is 0 Å². The maximum atomic E-state index is 5.63. The van der Waals surface area contributed by atoms with Crippen LogP contribution in [0.5, 0.6) is 11.5 Å². The number of methoxy groups -OCH3 is 2. The lowest BCUT2D eigenvalue weighted by Gasteiger charge is -2.31. The molecule has 3 nitrogen and oxygen atoms in total. The number of rotatable bonds is 2. The van der Waals surface area contributed by atoms with Crippen molar-refractivity contribution in [1.82, 2.24) is 4.90 Å². The first-order chi connectivity index (χ1) is 9.15. The van der Waals surface area contributed by atoms with Crippen molar-refractivity contribution in [2.24, 2.45) is 5.92 Å². The van der Waals surface area contributed by atoms with Crippen LogP contribution in [-0.4, -0.2) is 39.3 Å². The Hall–Kier alpha value is -1.22. The highest BCUT2D eigenvalue weighted by Gasteiger charge is 2.38. The minimum atomic E-state index is 0.675. The maximum Gasteiger partial charge on any atom is 0.164 e. The lowest BCUT2D eigenvalue weighted by Crippen LogP contribution is -2.21. The monoisotopic (exact) mass is 261 g/mol. The van der Waals surface area contributed by atoms with Gasteiger partial charge in [0.15, 0.2) is 11.5 Å². The summed E-state index contributed by atoms with van der Waals surface area (Å²) in [5.41, 5.74) is 4.27. The van der Waals surface area contributed by atoms with E-state index in [4.69, 9.17) is 9.47 Å². The van der Waals surface area contributed by atoms with Gasteiger partial charge < -0.3 is 14.4 Å². The van der Waals surface area contributed by atoms with Crippen molar-refractivity contribution in [1.29, 1.82) is 0 Å². The highest BCUT2D eigenvalue weighted by atomic mass is 16.5. The second kappa shape index (κ2) is 4.71. The van der Waals surface area contributed by atoms with Gasteiger partial charge in [-0.15, -0.1) is 0 Å². The number of ether oxygens (including phenoxy) is 2. The van der Waals surface area contributed by atoms with E-state index in [0.717, 1.165) is 23.8 Å². The van der Waals surface area contributed by atoms with E-state index in [1.165, 1.54) is 36.2 Å². The smallest absolute Gasteiger partial charge is 0.164 e. The third kappa shape index (κ3) is 1.91. The fourth-order valence-electron chi connectivity index (χ4n) is 4.02. The van der Waals surface area contributed by atoms with Crippen LogP contribution >= 0.6 is 0 Å². The van der Waals surface area contributed by atoms with E-state index in [-0.39, 0.29) is 0 Å². The molecular formula is C16H23NO2. The molecule has 0 radical (unpaired) electrons. The molecule has 104 valence electrons. The number of hydrogen-bond donors (Lipinski definition) is 0. The lowest BCUT2D eigenvalue weighted by molar-refractivity contribution is 0.343. The summed E-state index contributed by atoms with van der Waals surface area (Å²) in [6.07, 6.45) is 2.39. The largest absolute Gasteiger partial charge is 0.493 e.